The van der Waals surface area contributed by atoms with Gasteiger partial charge in [-0.3, -0.25) is 4.79 Å². The summed E-state index contributed by atoms with van der Waals surface area (Å²) in [4.78, 5) is 56.6. The Kier molecular flexibility index (Phi) is 8.67. The van der Waals surface area contributed by atoms with E-state index in [1.807, 2.05) is 57.0 Å². The minimum Gasteiger partial charge on any atom is -0.444 e. The smallest absolute Gasteiger partial charge is 0.410 e. The summed E-state index contributed by atoms with van der Waals surface area (Å²) in [6, 6.07) is 8.10. The number of anilines is 4. The Morgan fingerprint density at radius 1 is 1.02 bits per heavy atom. The standard InChI is InChI=1S/C33H45N9O4/c1-33(2,3)46-32(45)41-15-12-22-11-14-39(19-23(22)20-41)25-9-7-24(8-10-25)36-30-28(29(34)43)35-18-27(37-30)40-13-5-6-26(21-40)42-17-16-38(4)31(42)44/h7-10,18-19,22,26H,5-6,11-17,20-21H2,1-4H3,(H2,34,43)(H,36,37)/t22?,26-/m1/s1. The zero-order valence-corrected chi connectivity index (χ0v) is 27.2. The highest BCUT2D eigenvalue weighted by Crippen LogP contribution is 2.34. The van der Waals surface area contributed by atoms with Crippen LogP contribution < -0.4 is 20.9 Å². The van der Waals surface area contributed by atoms with E-state index in [0.717, 1.165) is 63.2 Å². The summed E-state index contributed by atoms with van der Waals surface area (Å²) in [5.74, 6) is 0.740. The van der Waals surface area contributed by atoms with Crippen molar-refractivity contribution in [2.45, 2.75) is 58.1 Å². The van der Waals surface area contributed by atoms with Crippen molar-refractivity contribution in [3.05, 3.63) is 47.9 Å². The van der Waals surface area contributed by atoms with E-state index in [-0.39, 0.29) is 23.9 Å². The van der Waals surface area contributed by atoms with Crippen LogP contribution in [0.3, 0.4) is 0 Å². The molecular formula is C33H45N9O4. The van der Waals surface area contributed by atoms with Crippen molar-refractivity contribution in [3.8, 4) is 0 Å². The Morgan fingerprint density at radius 2 is 1.78 bits per heavy atom. The van der Waals surface area contributed by atoms with E-state index in [0.29, 0.717) is 37.2 Å². The van der Waals surface area contributed by atoms with Gasteiger partial charge in [-0.2, -0.15) is 0 Å². The van der Waals surface area contributed by atoms with E-state index in [9.17, 15) is 14.4 Å². The normalized spacial score (nSPS) is 22.0. The van der Waals surface area contributed by atoms with Crippen molar-refractivity contribution in [1.29, 1.82) is 0 Å². The molecule has 1 unspecified atom stereocenters. The van der Waals surface area contributed by atoms with Crippen LogP contribution in [-0.2, 0) is 4.74 Å². The molecule has 4 aliphatic rings. The number of aromatic nitrogens is 2. The fourth-order valence-electron chi connectivity index (χ4n) is 6.74. The van der Waals surface area contributed by atoms with Crippen LogP contribution in [0.25, 0.3) is 0 Å². The third-order valence-electron chi connectivity index (χ3n) is 9.20. The number of nitrogens with two attached hydrogens (primary N) is 1. The summed E-state index contributed by atoms with van der Waals surface area (Å²) in [6.07, 6.45) is 7.32. The molecule has 2 aromatic rings. The molecule has 1 aromatic heterocycles. The molecule has 46 heavy (non-hydrogen) atoms. The number of likely N-dealkylation sites (tertiary alicyclic amines) is 1. The highest BCUT2D eigenvalue weighted by molar-refractivity contribution is 5.96. The van der Waals surface area contributed by atoms with Crippen LogP contribution in [-0.4, -0.2) is 107 Å². The van der Waals surface area contributed by atoms with E-state index in [1.165, 1.54) is 5.57 Å². The molecule has 0 bridgehead atoms. The van der Waals surface area contributed by atoms with Gasteiger partial charge in [-0.25, -0.2) is 19.6 Å². The third-order valence-corrected chi connectivity index (χ3v) is 9.20. The van der Waals surface area contributed by atoms with Crippen molar-refractivity contribution < 1.29 is 19.1 Å². The van der Waals surface area contributed by atoms with Gasteiger partial charge in [0.1, 0.15) is 11.4 Å². The Morgan fingerprint density at radius 3 is 2.48 bits per heavy atom. The summed E-state index contributed by atoms with van der Waals surface area (Å²) < 4.78 is 5.61. The first kappa shape index (κ1) is 31.4. The quantitative estimate of drug-likeness (QED) is 0.484. The van der Waals surface area contributed by atoms with Crippen LogP contribution in [0.4, 0.5) is 32.6 Å². The summed E-state index contributed by atoms with van der Waals surface area (Å²) >= 11 is 0. The van der Waals surface area contributed by atoms with Gasteiger partial charge < -0.3 is 40.3 Å². The lowest BCUT2D eigenvalue weighted by Gasteiger charge is -2.39. The fraction of sp³-hybridized carbons (Fsp3) is 0.545. The van der Waals surface area contributed by atoms with Crippen LogP contribution in [0.1, 0.15) is 56.9 Å². The van der Waals surface area contributed by atoms with Gasteiger partial charge in [0.25, 0.3) is 5.91 Å². The number of urea groups is 1. The summed E-state index contributed by atoms with van der Waals surface area (Å²) in [6.45, 7) is 10.7. The number of likely N-dealkylation sites (N-methyl/N-ethyl adjacent to an activating group) is 1. The molecule has 5 heterocycles. The number of hydrogen-bond donors (Lipinski definition) is 2. The van der Waals surface area contributed by atoms with E-state index in [4.69, 9.17) is 15.5 Å². The van der Waals surface area contributed by atoms with Crippen LogP contribution in [0.2, 0.25) is 0 Å². The molecule has 4 aliphatic heterocycles. The summed E-state index contributed by atoms with van der Waals surface area (Å²) in [7, 11) is 1.83. The number of fused-ring (bicyclic) bond motifs is 1. The molecule has 3 N–H and O–H groups in total. The van der Waals surface area contributed by atoms with E-state index >= 15 is 0 Å². The van der Waals surface area contributed by atoms with Gasteiger partial charge in [0.2, 0.25) is 0 Å². The number of piperidine rings is 2. The lowest BCUT2D eigenvalue weighted by Crippen LogP contribution is -2.49. The Hall–Kier alpha value is -4.55. The zero-order valence-electron chi connectivity index (χ0n) is 27.2. The number of carbonyl (C=O) groups excluding carboxylic acids is 3. The number of nitrogens with one attached hydrogen (secondary N) is 1. The summed E-state index contributed by atoms with van der Waals surface area (Å²) in [5.41, 5.74) is 8.23. The largest absolute Gasteiger partial charge is 0.444 e. The van der Waals surface area contributed by atoms with Gasteiger partial charge in [0, 0.05) is 70.4 Å². The monoisotopic (exact) mass is 631 g/mol. The lowest BCUT2D eigenvalue weighted by atomic mass is 9.86. The number of carbonyl (C=O) groups is 3. The molecule has 3 fully saturated rings. The first-order chi connectivity index (χ1) is 21.9. The lowest BCUT2D eigenvalue weighted by molar-refractivity contribution is 0.0226. The van der Waals surface area contributed by atoms with E-state index < -0.39 is 11.5 Å². The van der Waals surface area contributed by atoms with Gasteiger partial charge in [0.15, 0.2) is 11.5 Å². The number of amides is 4. The molecule has 0 aliphatic carbocycles. The number of benzene rings is 1. The highest BCUT2D eigenvalue weighted by atomic mass is 16.6. The Balaban J connectivity index is 1.14. The zero-order chi connectivity index (χ0) is 32.6. The maximum absolute atomic E-state index is 12.7. The second kappa shape index (κ2) is 12.7. The SMILES string of the molecule is CN1CCN([C@@H]2CCCN(c3cnc(C(N)=O)c(Nc4ccc(N5C=C6CN(C(=O)OC(C)(C)C)CCC6CC5)cc4)n3)C2)C1=O. The molecule has 0 spiro atoms. The fourth-order valence-corrected chi connectivity index (χ4v) is 6.74. The maximum Gasteiger partial charge on any atom is 0.410 e. The topological polar surface area (TPSA) is 140 Å². The van der Waals surface area contributed by atoms with Crippen LogP contribution >= 0.6 is 0 Å². The summed E-state index contributed by atoms with van der Waals surface area (Å²) in [5, 5.41) is 3.26. The van der Waals surface area contributed by atoms with Crippen molar-refractivity contribution in [2.75, 3.05) is 68.0 Å². The number of nitrogens with zero attached hydrogens (tertiary/aromatic N) is 7. The van der Waals surface area contributed by atoms with Gasteiger partial charge >= 0.3 is 12.1 Å². The third kappa shape index (κ3) is 6.82. The first-order valence-corrected chi connectivity index (χ1v) is 16.2. The molecule has 4 amide bonds. The minimum absolute atomic E-state index is 0.0647. The molecule has 13 heteroatoms. The van der Waals surface area contributed by atoms with Crippen molar-refractivity contribution in [3.63, 3.8) is 0 Å². The molecule has 2 atom stereocenters. The molecule has 3 saturated heterocycles. The van der Waals surface area contributed by atoms with Crippen molar-refractivity contribution >= 4 is 41.0 Å². The molecular weight excluding hydrogens is 586 g/mol. The highest BCUT2D eigenvalue weighted by Gasteiger charge is 2.35. The van der Waals surface area contributed by atoms with E-state index in [1.54, 1.807) is 16.0 Å². The first-order valence-electron chi connectivity index (χ1n) is 16.2. The molecule has 0 radical (unpaired) electrons. The number of primary amides is 1. The van der Waals surface area contributed by atoms with Gasteiger partial charge in [-0.05, 0) is 82.2 Å². The molecule has 246 valence electrons. The maximum atomic E-state index is 12.7. The van der Waals surface area contributed by atoms with Crippen LogP contribution in [0.5, 0.6) is 0 Å². The second-order valence-corrected chi connectivity index (χ2v) is 13.7. The average molecular weight is 632 g/mol. The van der Waals surface area contributed by atoms with Crippen LogP contribution in [0, 0.1) is 5.92 Å². The Bertz CT molecular complexity index is 1510. The number of ether oxygens (including phenoxy) is 1. The number of hydrogen-bond acceptors (Lipinski definition) is 9. The second-order valence-electron chi connectivity index (χ2n) is 13.7. The predicted molar refractivity (Wildman–Crippen MR) is 176 cm³/mol. The predicted octanol–water partition coefficient (Wildman–Crippen LogP) is 4.01. The van der Waals surface area contributed by atoms with Crippen molar-refractivity contribution in [1.82, 2.24) is 24.7 Å². The van der Waals surface area contributed by atoms with Crippen molar-refractivity contribution in [2.24, 2.45) is 11.7 Å². The van der Waals surface area contributed by atoms with Gasteiger partial charge in [-0.15, -0.1) is 0 Å². The van der Waals surface area contributed by atoms with Crippen LogP contribution in [0.15, 0.2) is 42.2 Å². The van der Waals surface area contributed by atoms with Gasteiger partial charge in [-0.1, -0.05) is 0 Å². The number of rotatable bonds is 6. The van der Waals surface area contributed by atoms with Gasteiger partial charge in [0.05, 0.1) is 12.2 Å². The Labute approximate surface area is 270 Å². The van der Waals surface area contributed by atoms with E-state index in [2.05, 4.69) is 26.3 Å². The average Bonchev–Trinajstić information content (AvgIpc) is 3.37. The molecule has 13 nitrogen and oxygen atoms in total. The molecule has 6 rings (SSSR count). The molecule has 0 saturated carbocycles. The minimum atomic E-state index is -0.664. The molecule has 1 aromatic carbocycles.